The molecule has 0 bridgehead atoms. The molecule has 0 amide bonds. The van der Waals surface area contributed by atoms with Crippen LogP contribution in [0.5, 0.6) is 0 Å². The molecule has 0 aromatic heterocycles. The first-order valence-electron chi connectivity index (χ1n) is 3.16. The van der Waals surface area contributed by atoms with Gasteiger partial charge < -0.3 is 9.84 Å². The van der Waals surface area contributed by atoms with E-state index in [9.17, 15) is 4.39 Å². The van der Waals surface area contributed by atoms with Gasteiger partial charge in [-0.25, -0.2) is 0 Å². The lowest BCUT2D eigenvalue weighted by atomic mass is 10.3. The van der Waals surface area contributed by atoms with E-state index in [1.807, 2.05) is 0 Å². The fourth-order valence-electron chi connectivity index (χ4n) is 0.465. The third kappa shape index (κ3) is 7.85. The first-order valence-corrected chi connectivity index (χ1v) is 3.16. The van der Waals surface area contributed by atoms with Crippen molar-refractivity contribution in [2.45, 2.75) is 12.8 Å². The number of halogens is 1. The highest BCUT2D eigenvalue weighted by Gasteiger charge is 1.86. The van der Waals surface area contributed by atoms with Gasteiger partial charge in [-0.15, -0.1) is 0 Å². The van der Waals surface area contributed by atoms with Crippen LogP contribution in [0.15, 0.2) is 0 Å². The summed E-state index contributed by atoms with van der Waals surface area (Å²) < 4.78 is 16.3. The Morgan fingerprint density at radius 2 is 2.00 bits per heavy atom. The molecule has 3 heteroatoms. The van der Waals surface area contributed by atoms with E-state index >= 15 is 0 Å². The van der Waals surface area contributed by atoms with Gasteiger partial charge in [-0.3, -0.25) is 4.39 Å². The second-order valence-corrected chi connectivity index (χ2v) is 1.73. The molecular weight excluding hydrogens is 123 g/mol. The summed E-state index contributed by atoms with van der Waals surface area (Å²) >= 11 is 0. The van der Waals surface area contributed by atoms with E-state index in [1.54, 1.807) is 0 Å². The van der Waals surface area contributed by atoms with E-state index in [1.165, 1.54) is 0 Å². The number of hydrogen-bond acceptors (Lipinski definition) is 2. The summed E-state index contributed by atoms with van der Waals surface area (Å²) in [6.07, 6.45) is 1.31. The minimum Gasteiger partial charge on any atom is -0.394 e. The Morgan fingerprint density at radius 3 is 2.56 bits per heavy atom. The van der Waals surface area contributed by atoms with Gasteiger partial charge in [0.25, 0.3) is 0 Å². The number of aliphatic hydroxyl groups is 1. The summed E-state index contributed by atoms with van der Waals surface area (Å²) in [7, 11) is 0. The van der Waals surface area contributed by atoms with Crippen LogP contribution >= 0.6 is 0 Å². The Morgan fingerprint density at radius 1 is 1.22 bits per heavy atom. The van der Waals surface area contributed by atoms with E-state index in [0.29, 0.717) is 19.6 Å². The quantitative estimate of drug-likeness (QED) is 0.546. The molecule has 0 aliphatic rings. The van der Waals surface area contributed by atoms with Gasteiger partial charge in [-0.1, -0.05) is 0 Å². The predicted molar refractivity (Wildman–Crippen MR) is 33.1 cm³/mol. The van der Waals surface area contributed by atoms with Crippen molar-refractivity contribution < 1.29 is 14.2 Å². The molecule has 0 saturated carbocycles. The number of hydrogen-bond donors (Lipinski definition) is 1. The van der Waals surface area contributed by atoms with Gasteiger partial charge in [0.1, 0.15) is 0 Å². The average Bonchev–Trinajstić information content (AvgIpc) is 1.89. The highest BCUT2D eigenvalue weighted by atomic mass is 19.1. The van der Waals surface area contributed by atoms with Crippen molar-refractivity contribution in [3.8, 4) is 0 Å². The predicted octanol–water partition coefficient (Wildman–Crippen LogP) is 0.745. The Bertz CT molecular complexity index is 44.3. The fraction of sp³-hybridized carbons (Fsp3) is 1.00. The summed E-state index contributed by atoms with van der Waals surface area (Å²) in [6.45, 7) is 0.703. The van der Waals surface area contributed by atoms with E-state index < -0.39 is 0 Å². The maximum Gasteiger partial charge on any atom is 0.0895 e. The molecule has 2 nitrogen and oxygen atoms in total. The molecule has 0 heterocycles. The number of rotatable bonds is 6. The van der Waals surface area contributed by atoms with Gasteiger partial charge >= 0.3 is 0 Å². The van der Waals surface area contributed by atoms with Crippen LogP contribution in [-0.2, 0) is 4.74 Å². The van der Waals surface area contributed by atoms with Crippen molar-refractivity contribution in [1.29, 1.82) is 0 Å². The Balaban J connectivity index is 2.60. The van der Waals surface area contributed by atoms with E-state index in [-0.39, 0.29) is 13.3 Å². The van der Waals surface area contributed by atoms with Gasteiger partial charge in [0.15, 0.2) is 0 Å². The number of ether oxygens (including phenoxy) is 1. The Hall–Kier alpha value is -0.150. The Kier molecular flexibility index (Phi) is 7.72. The van der Waals surface area contributed by atoms with Crippen molar-refractivity contribution in [2.75, 3.05) is 26.5 Å². The zero-order chi connectivity index (χ0) is 6.95. The summed E-state index contributed by atoms with van der Waals surface area (Å²) in [5.41, 5.74) is 0. The third-order valence-electron chi connectivity index (χ3n) is 0.908. The molecule has 0 aliphatic carbocycles. The smallest absolute Gasteiger partial charge is 0.0895 e. The largest absolute Gasteiger partial charge is 0.394 e. The standard InChI is InChI=1S/C6H13FO2/c7-3-1-2-5-9-6-4-8/h8H,1-6H2. The lowest BCUT2D eigenvalue weighted by Crippen LogP contribution is -2.00. The topological polar surface area (TPSA) is 29.5 Å². The molecule has 0 radical (unpaired) electrons. The van der Waals surface area contributed by atoms with E-state index in [4.69, 9.17) is 9.84 Å². The van der Waals surface area contributed by atoms with Crippen LogP contribution in [0.2, 0.25) is 0 Å². The monoisotopic (exact) mass is 136 g/mol. The SMILES string of the molecule is OCCOCCCCF. The molecule has 0 saturated heterocycles. The molecule has 0 atom stereocenters. The van der Waals surface area contributed by atoms with Gasteiger partial charge in [0, 0.05) is 6.61 Å². The molecular formula is C6H13FO2. The van der Waals surface area contributed by atoms with Crippen LogP contribution in [0.4, 0.5) is 4.39 Å². The first-order chi connectivity index (χ1) is 4.41. The number of unbranched alkanes of at least 4 members (excludes halogenated alkanes) is 1. The molecule has 0 aromatic rings. The van der Waals surface area contributed by atoms with E-state index in [2.05, 4.69) is 0 Å². The number of alkyl halides is 1. The normalized spacial score (nSPS) is 10.0. The summed E-state index contributed by atoms with van der Waals surface area (Å²) in [4.78, 5) is 0. The minimum absolute atomic E-state index is 0.0512. The zero-order valence-electron chi connectivity index (χ0n) is 5.48. The molecule has 0 aromatic carbocycles. The lowest BCUT2D eigenvalue weighted by molar-refractivity contribution is 0.0889. The molecule has 0 spiro atoms. The molecule has 0 fully saturated rings. The van der Waals surface area contributed by atoms with Crippen LogP contribution in [-0.4, -0.2) is 31.6 Å². The van der Waals surface area contributed by atoms with Crippen molar-refractivity contribution in [2.24, 2.45) is 0 Å². The molecule has 1 N–H and O–H groups in total. The third-order valence-corrected chi connectivity index (χ3v) is 0.908. The van der Waals surface area contributed by atoms with Gasteiger partial charge in [-0.2, -0.15) is 0 Å². The van der Waals surface area contributed by atoms with E-state index in [0.717, 1.165) is 6.42 Å². The summed E-state index contributed by atoms with van der Waals surface area (Å²) in [5.74, 6) is 0. The van der Waals surface area contributed by atoms with Crippen LogP contribution in [0.25, 0.3) is 0 Å². The van der Waals surface area contributed by atoms with Crippen LogP contribution < -0.4 is 0 Å². The maximum absolute atomic E-state index is 11.4. The second-order valence-electron chi connectivity index (χ2n) is 1.73. The molecule has 0 rings (SSSR count). The van der Waals surface area contributed by atoms with Crippen molar-refractivity contribution in [1.82, 2.24) is 0 Å². The number of aliphatic hydroxyl groups excluding tert-OH is 1. The second kappa shape index (κ2) is 7.85. The Labute approximate surface area is 54.6 Å². The van der Waals surface area contributed by atoms with Crippen molar-refractivity contribution in [3.63, 3.8) is 0 Å². The highest BCUT2D eigenvalue weighted by Crippen LogP contribution is 1.89. The highest BCUT2D eigenvalue weighted by molar-refractivity contribution is 4.35. The lowest BCUT2D eigenvalue weighted by Gasteiger charge is -1.98. The van der Waals surface area contributed by atoms with Crippen LogP contribution in [0.3, 0.4) is 0 Å². The van der Waals surface area contributed by atoms with Crippen LogP contribution in [0, 0.1) is 0 Å². The fourth-order valence-corrected chi connectivity index (χ4v) is 0.465. The summed E-state index contributed by atoms with van der Waals surface area (Å²) in [6, 6.07) is 0. The van der Waals surface area contributed by atoms with Crippen molar-refractivity contribution >= 4 is 0 Å². The van der Waals surface area contributed by atoms with Gasteiger partial charge in [0.2, 0.25) is 0 Å². The zero-order valence-corrected chi connectivity index (χ0v) is 5.48. The molecule has 0 aliphatic heterocycles. The van der Waals surface area contributed by atoms with Crippen molar-refractivity contribution in [3.05, 3.63) is 0 Å². The average molecular weight is 136 g/mol. The van der Waals surface area contributed by atoms with Crippen LogP contribution in [0.1, 0.15) is 12.8 Å². The van der Waals surface area contributed by atoms with Gasteiger partial charge in [-0.05, 0) is 12.8 Å². The minimum atomic E-state index is -0.275. The maximum atomic E-state index is 11.4. The molecule has 0 unspecified atom stereocenters. The molecule has 56 valence electrons. The van der Waals surface area contributed by atoms with Gasteiger partial charge in [0.05, 0.1) is 19.9 Å². The summed E-state index contributed by atoms with van der Waals surface area (Å²) in [5, 5.41) is 8.22. The molecule has 9 heavy (non-hydrogen) atoms. The first kappa shape index (κ1) is 8.85.